The Bertz CT molecular complexity index is 1290. The smallest absolute Gasteiger partial charge is 0.255 e. The van der Waals surface area contributed by atoms with E-state index in [1.807, 2.05) is 56.3 Å². The van der Waals surface area contributed by atoms with Crippen LogP contribution < -0.4 is 15.4 Å². The van der Waals surface area contributed by atoms with Crippen LogP contribution in [0.1, 0.15) is 49.8 Å². The summed E-state index contributed by atoms with van der Waals surface area (Å²) in [5.74, 6) is 1.17. The van der Waals surface area contributed by atoms with Crippen LogP contribution in [0.15, 0.2) is 94.0 Å². The molecule has 7 heteroatoms. The molecule has 0 fully saturated rings. The number of hydrogen-bond donors (Lipinski definition) is 2. The van der Waals surface area contributed by atoms with E-state index in [1.165, 1.54) is 0 Å². The highest BCUT2D eigenvalue weighted by molar-refractivity contribution is 6.09. The van der Waals surface area contributed by atoms with E-state index in [2.05, 4.69) is 15.6 Å². The number of pyridine rings is 1. The predicted molar refractivity (Wildman–Crippen MR) is 132 cm³/mol. The van der Waals surface area contributed by atoms with Crippen molar-refractivity contribution in [2.75, 3.05) is 11.9 Å². The summed E-state index contributed by atoms with van der Waals surface area (Å²) in [5.41, 5.74) is 3.55. The van der Waals surface area contributed by atoms with Crippen molar-refractivity contribution in [1.29, 1.82) is 0 Å². The highest BCUT2D eigenvalue weighted by Gasteiger charge is 2.41. The fraction of sp³-hybridized carbons (Fsp3) is 0.250. The van der Waals surface area contributed by atoms with E-state index >= 15 is 0 Å². The molecule has 0 spiro atoms. The third kappa shape index (κ3) is 4.49. The molecule has 1 amide bonds. The summed E-state index contributed by atoms with van der Waals surface area (Å²) in [5, 5.41) is 6.27. The minimum Gasteiger partial charge on any atom is -0.494 e. The van der Waals surface area contributed by atoms with Crippen LogP contribution in [0.25, 0.3) is 0 Å². The van der Waals surface area contributed by atoms with E-state index in [0.717, 1.165) is 22.8 Å². The lowest BCUT2D eigenvalue weighted by atomic mass is 9.72. The summed E-state index contributed by atoms with van der Waals surface area (Å²) in [4.78, 5) is 31.4. The molecule has 2 atom stereocenters. The average Bonchev–Trinajstić information content (AvgIpc) is 3.39. The normalized spacial score (nSPS) is 19.8. The Kier molecular flexibility index (Phi) is 6.23. The van der Waals surface area contributed by atoms with Crippen LogP contribution in [0.4, 0.5) is 5.82 Å². The van der Waals surface area contributed by atoms with Gasteiger partial charge >= 0.3 is 0 Å². The molecular weight excluding hydrogens is 442 g/mol. The number of carbonyl (C=O) groups is 2. The van der Waals surface area contributed by atoms with Gasteiger partial charge in [-0.1, -0.05) is 18.2 Å². The van der Waals surface area contributed by atoms with Crippen LogP contribution in [0, 0.1) is 0 Å². The second-order valence-corrected chi connectivity index (χ2v) is 8.70. The number of rotatable bonds is 6. The molecule has 2 N–H and O–H groups in total. The Labute approximate surface area is 203 Å². The molecule has 178 valence electrons. The molecular formula is C28H27N3O4. The van der Waals surface area contributed by atoms with Gasteiger partial charge in [0.1, 0.15) is 17.3 Å². The molecule has 5 rings (SSSR count). The lowest BCUT2D eigenvalue weighted by Gasteiger charge is -2.36. The van der Waals surface area contributed by atoms with Crippen molar-refractivity contribution < 1.29 is 18.7 Å². The maximum Gasteiger partial charge on any atom is 0.255 e. The number of carbonyl (C=O) groups excluding carboxylic acids is 2. The van der Waals surface area contributed by atoms with E-state index in [4.69, 9.17) is 9.15 Å². The van der Waals surface area contributed by atoms with Gasteiger partial charge in [-0.25, -0.2) is 4.98 Å². The van der Waals surface area contributed by atoms with Gasteiger partial charge in [0, 0.05) is 47.0 Å². The van der Waals surface area contributed by atoms with E-state index in [0.29, 0.717) is 42.1 Å². The summed E-state index contributed by atoms with van der Waals surface area (Å²) < 4.78 is 11.2. The summed E-state index contributed by atoms with van der Waals surface area (Å²) in [7, 11) is 0. The molecule has 3 aromatic rings. The molecule has 35 heavy (non-hydrogen) atoms. The summed E-state index contributed by atoms with van der Waals surface area (Å²) in [6.07, 6.45) is 4.22. The molecule has 2 aromatic heterocycles. The van der Waals surface area contributed by atoms with Crippen molar-refractivity contribution >= 4 is 17.5 Å². The molecule has 1 aliphatic heterocycles. The monoisotopic (exact) mass is 469 g/mol. The van der Waals surface area contributed by atoms with Gasteiger partial charge in [0.2, 0.25) is 0 Å². The zero-order valence-corrected chi connectivity index (χ0v) is 19.7. The number of anilines is 1. The average molecular weight is 470 g/mol. The Hall–Kier alpha value is -4.13. The maximum absolute atomic E-state index is 13.6. The van der Waals surface area contributed by atoms with Crippen LogP contribution in [-0.2, 0) is 9.59 Å². The Morgan fingerprint density at radius 3 is 2.66 bits per heavy atom. The van der Waals surface area contributed by atoms with E-state index < -0.39 is 5.92 Å². The highest BCUT2D eigenvalue weighted by Crippen LogP contribution is 2.45. The van der Waals surface area contributed by atoms with Crippen molar-refractivity contribution in [2.45, 2.75) is 38.5 Å². The fourth-order valence-corrected chi connectivity index (χ4v) is 4.94. The molecule has 3 heterocycles. The number of hydrogen-bond acceptors (Lipinski definition) is 6. The Morgan fingerprint density at radius 1 is 1.14 bits per heavy atom. The van der Waals surface area contributed by atoms with Gasteiger partial charge in [-0.2, -0.15) is 0 Å². The first kappa shape index (κ1) is 22.7. The van der Waals surface area contributed by atoms with E-state index in [9.17, 15) is 9.59 Å². The predicted octanol–water partition coefficient (Wildman–Crippen LogP) is 5.07. The lowest BCUT2D eigenvalue weighted by molar-refractivity contribution is -0.116. The second kappa shape index (κ2) is 9.62. The lowest BCUT2D eigenvalue weighted by Crippen LogP contribution is -2.37. The number of allylic oxidation sites excluding steroid dienone is 3. The molecule has 7 nitrogen and oxygen atoms in total. The largest absolute Gasteiger partial charge is 0.494 e. The molecule has 0 saturated carbocycles. The van der Waals surface area contributed by atoms with Crippen LogP contribution in [0.2, 0.25) is 0 Å². The number of Topliss-reactive ketones (excluding diaryl/α,β-unsaturated/α-hetero) is 1. The minimum atomic E-state index is -0.504. The van der Waals surface area contributed by atoms with Gasteiger partial charge < -0.3 is 19.8 Å². The number of nitrogens with one attached hydrogen (secondary N) is 2. The van der Waals surface area contributed by atoms with Crippen molar-refractivity contribution in [2.24, 2.45) is 0 Å². The summed E-state index contributed by atoms with van der Waals surface area (Å²) in [6.45, 7) is 4.37. The standard InChI is InChI=1S/C28H27N3O4/c1-3-34-20-11-9-18(10-12-20)26-25(28(33)31-24-8-4-5-13-29-24)17(2)30-21-15-19(16-22(32)27(21)26)23-7-6-14-35-23/h4-14,19,26,30H,3,15-16H2,1-2H3,(H,29,31,33)/t19-,26-/m0/s1. The van der Waals surface area contributed by atoms with Gasteiger partial charge in [-0.15, -0.1) is 0 Å². The number of benzene rings is 1. The summed E-state index contributed by atoms with van der Waals surface area (Å²) >= 11 is 0. The second-order valence-electron chi connectivity index (χ2n) is 8.70. The number of ether oxygens (including phenoxy) is 1. The molecule has 2 aliphatic rings. The number of amides is 1. The SMILES string of the molecule is CCOc1ccc([C@H]2C(C(=O)Nc3ccccn3)=C(C)NC3=C2C(=O)C[C@@H](c2ccco2)C3)cc1. The summed E-state index contributed by atoms with van der Waals surface area (Å²) in [6, 6.07) is 16.7. The van der Waals surface area contributed by atoms with Crippen molar-refractivity contribution in [3.8, 4) is 5.75 Å². The van der Waals surface area contributed by atoms with Gasteiger partial charge in [-0.05, 0) is 62.2 Å². The maximum atomic E-state index is 13.6. The molecule has 1 aliphatic carbocycles. The van der Waals surface area contributed by atoms with Crippen molar-refractivity contribution in [1.82, 2.24) is 10.3 Å². The third-order valence-electron chi connectivity index (χ3n) is 6.45. The molecule has 1 aromatic carbocycles. The van der Waals surface area contributed by atoms with Gasteiger partial charge in [0.25, 0.3) is 5.91 Å². The first-order valence-electron chi connectivity index (χ1n) is 11.8. The van der Waals surface area contributed by atoms with Crippen LogP contribution >= 0.6 is 0 Å². The van der Waals surface area contributed by atoms with Crippen LogP contribution in [0.3, 0.4) is 0 Å². The quantitative estimate of drug-likeness (QED) is 0.523. The van der Waals surface area contributed by atoms with E-state index in [-0.39, 0.29) is 17.6 Å². The fourth-order valence-electron chi connectivity index (χ4n) is 4.94. The first-order chi connectivity index (χ1) is 17.0. The number of furan rings is 1. The van der Waals surface area contributed by atoms with Gasteiger partial charge in [-0.3, -0.25) is 9.59 Å². The molecule has 0 unspecified atom stereocenters. The van der Waals surface area contributed by atoms with Crippen LogP contribution in [-0.4, -0.2) is 23.3 Å². The highest BCUT2D eigenvalue weighted by atomic mass is 16.5. The van der Waals surface area contributed by atoms with Crippen LogP contribution in [0.5, 0.6) is 5.75 Å². The van der Waals surface area contributed by atoms with Crippen molar-refractivity contribution in [3.63, 3.8) is 0 Å². The van der Waals surface area contributed by atoms with E-state index in [1.54, 1.807) is 24.6 Å². The Balaban J connectivity index is 1.56. The zero-order valence-electron chi connectivity index (χ0n) is 19.7. The Morgan fingerprint density at radius 2 is 1.97 bits per heavy atom. The van der Waals surface area contributed by atoms with Gasteiger partial charge in [0.15, 0.2) is 5.78 Å². The topological polar surface area (TPSA) is 93.5 Å². The zero-order chi connectivity index (χ0) is 24.4. The number of aromatic nitrogens is 1. The van der Waals surface area contributed by atoms with Crippen molar-refractivity contribution in [3.05, 3.63) is 101 Å². The molecule has 0 radical (unpaired) electrons. The molecule has 0 saturated heterocycles. The first-order valence-corrected chi connectivity index (χ1v) is 11.8. The number of nitrogens with zero attached hydrogens (tertiary/aromatic N) is 1. The number of ketones is 1. The number of dihydropyridines is 1. The minimum absolute atomic E-state index is 0.00895. The van der Waals surface area contributed by atoms with Gasteiger partial charge in [0.05, 0.1) is 12.9 Å². The third-order valence-corrected chi connectivity index (χ3v) is 6.45. The molecule has 0 bridgehead atoms.